The van der Waals surface area contributed by atoms with Crippen LogP contribution in [0.1, 0.15) is 32.6 Å². The summed E-state index contributed by atoms with van der Waals surface area (Å²) >= 11 is 1.74. The minimum absolute atomic E-state index is 0.139. The van der Waals surface area contributed by atoms with E-state index in [-0.39, 0.29) is 12.5 Å². The maximum atomic E-state index is 11.2. The maximum Gasteiger partial charge on any atom is 0.327 e. The van der Waals surface area contributed by atoms with Gasteiger partial charge in [0, 0.05) is 11.8 Å². The van der Waals surface area contributed by atoms with E-state index in [0.717, 1.165) is 16.8 Å². The molecule has 0 bridgehead atoms. The standard InChI is InChI=1S/C12H20N2O2S/c1-2-16-11(15)7-13-12-14-10-6-4-3-5-9(10)8-17-12/h9-10H,2-8H2,1H3,(H,13,14). The summed E-state index contributed by atoms with van der Waals surface area (Å²) in [6.45, 7) is 2.38. The van der Waals surface area contributed by atoms with E-state index >= 15 is 0 Å². The van der Waals surface area contributed by atoms with Crippen LogP contribution < -0.4 is 5.32 Å². The average Bonchev–Trinajstić information content (AvgIpc) is 2.36. The van der Waals surface area contributed by atoms with Crippen LogP contribution in [0.5, 0.6) is 0 Å². The van der Waals surface area contributed by atoms with Crippen molar-refractivity contribution in [2.45, 2.75) is 38.6 Å². The molecule has 0 radical (unpaired) electrons. The molecule has 1 N–H and O–H groups in total. The SMILES string of the molecule is CCOC(=O)CN=C1NC2CCCCC2CS1. The van der Waals surface area contributed by atoms with Gasteiger partial charge in [-0.15, -0.1) is 0 Å². The fraction of sp³-hybridized carbons (Fsp3) is 0.833. The normalized spacial score (nSPS) is 30.5. The molecule has 96 valence electrons. The molecule has 1 heterocycles. The largest absolute Gasteiger partial charge is 0.465 e. The van der Waals surface area contributed by atoms with Gasteiger partial charge in [-0.1, -0.05) is 24.6 Å². The highest BCUT2D eigenvalue weighted by Gasteiger charge is 2.30. The van der Waals surface area contributed by atoms with E-state index in [1.165, 1.54) is 25.7 Å². The minimum Gasteiger partial charge on any atom is -0.465 e. The summed E-state index contributed by atoms with van der Waals surface area (Å²) in [4.78, 5) is 15.5. The Bertz CT molecular complexity index is 307. The van der Waals surface area contributed by atoms with Gasteiger partial charge in [-0.25, -0.2) is 0 Å². The fourth-order valence-electron chi connectivity index (χ4n) is 2.42. The van der Waals surface area contributed by atoms with Crippen LogP contribution in [0.25, 0.3) is 0 Å². The van der Waals surface area contributed by atoms with Crippen LogP contribution in [0.15, 0.2) is 4.99 Å². The number of ether oxygens (including phenoxy) is 1. The van der Waals surface area contributed by atoms with Crippen LogP contribution >= 0.6 is 11.8 Å². The Morgan fingerprint density at radius 2 is 2.35 bits per heavy atom. The number of hydrogen-bond donors (Lipinski definition) is 1. The van der Waals surface area contributed by atoms with Gasteiger partial charge in [-0.3, -0.25) is 9.79 Å². The molecule has 2 atom stereocenters. The Morgan fingerprint density at radius 1 is 1.53 bits per heavy atom. The molecule has 0 amide bonds. The highest BCUT2D eigenvalue weighted by Crippen LogP contribution is 2.31. The summed E-state index contributed by atoms with van der Waals surface area (Å²) in [6, 6.07) is 0.575. The van der Waals surface area contributed by atoms with Crippen LogP contribution in [-0.4, -0.2) is 36.1 Å². The van der Waals surface area contributed by atoms with Crippen LogP contribution in [0, 0.1) is 5.92 Å². The Kier molecular flexibility index (Phi) is 4.71. The van der Waals surface area contributed by atoms with Crippen molar-refractivity contribution in [1.29, 1.82) is 0 Å². The third-order valence-corrected chi connectivity index (χ3v) is 4.42. The number of carbonyl (C=O) groups excluding carboxylic acids is 1. The molecule has 0 spiro atoms. The van der Waals surface area contributed by atoms with E-state index in [9.17, 15) is 4.79 Å². The number of nitrogens with one attached hydrogen (secondary N) is 1. The molecule has 1 aliphatic heterocycles. The van der Waals surface area contributed by atoms with Gasteiger partial charge in [-0.2, -0.15) is 0 Å². The zero-order valence-electron chi connectivity index (χ0n) is 10.3. The van der Waals surface area contributed by atoms with Gasteiger partial charge in [0.15, 0.2) is 5.17 Å². The van der Waals surface area contributed by atoms with Crippen molar-refractivity contribution in [2.75, 3.05) is 18.9 Å². The van der Waals surface area contributed by atoms with E-state index in [2.05, 4.69) is 10.3 Å². The van der Waals surface area contributed by atoms with Gasteiger partial charge in [0.25, 0.3) is 0 Å². The molecule has 17 heavy (non-hydrogen) atoms. The lowest BCUT2D eigenvalue weighted by Crippen LogP contribution is -2.46. The lowest BCUT2D eigenvalue weighted by atomic mass is 9.86. The summed E-state index contributed by atoms with van der Waals surface area (Å²) in [5.74, 6) is 1.68. The van der Waals surface area contributed by atoms with Crippen molar-refractivity contribution < 1.29 is 9.53 Å². The Balaban J connectivity index is 1.82. The maximum absolute atomic E-state index is 11.2. The molecular formula is C12H20N2O2S. The third-order valence-electron chi connectivity index (χ3n) is 3.31. The molecule has 2 fully saturated rings. The second-order valence-corrected chi connectivity index (χ2v) is 5.54. The van der Waals surface area contributed by atoms with E-state index in [4.69, 9.17) is 4.74 Å². The first-order valence-corrected chi connectivity index (χ1v) is 7.37. The molecule has 1 aliphatic carbocycles. The molecule has 0 aromatic heterocycles. The molecule has 1 saturated heterocycles. The predicted octanol–water partition coefficient (Wildman–Crippen LogP) is 1.80. The smallest absolute Gasteiger partial charge is 0.327 e. The lowest BCUT2D eigenvalue weighted by molar-refractivity contribution is -0.141. The molecule has 2 unspecified atom stereocenters. The number of carbonyl (C=O) groups is 1. The monoisotopic (exact) mass is 256 g/mol. The number of amidine groups is 1. The van der Waals surface area contributed by atoms with Crippen molar-refractivity contribution in [3.05, 3.63) is 0 Å². The first kappa shape index (κ1) is 12.7. The molecule has 4 nitrogen and oxygen atoms in total. The summed E-state index contributed by atoms with van der Waals surface area (Å²) in [6.07, 6.45) is 5.24. The first-order valence-electron chi connectivity index (χ1n) is 6.39. The van der Waals surface area contributed by atoms with E-state index in [1.54, 1.807) is 11.8 Å². The molecule has 2 rings (SSSR count). The molecule has 0 aromatic rings. The number of thioether (sulfide) groups is 1. The van der Waals surface area contributed by atoms with Gasteiger partial charge in [0.2, 0.25) is 0 Å². The van der Waals surface area contributed by atoms with Gasteiger partial charge in [-0.05, 0) is 25.7 Å². The van der Waals surface area contributed by atoms with Crippen LogP contribution in [0.2, 0.25) is 0 Å². The van der Waals surface area contributed by atoms with Crippen molar-refractivity contribution in [3.63, 3.8) is 0 Å². The van der Waals surface area contributed by atoms with Gasteiger partial charge in [0.05, 0.1) is 6.61 Å². The van der Waals surface area contributed by atoms with E-state index in [0.29, 0.717) is 12.6 Å². The van der Waals surface area contributed by atoms with E-state index in [1.807, 2.05) is 6.92 Å². The average molecular weight is 256 g/mol. The number of rotatable bonds is 3. The number of esters is 1. The second-order valence-electron chi connectivity index (χ2n) is 4.53. The third kappa shape index (κ3) is 3.63. The van der Waals surface area contributed by atoms with Crippen LogP contribution in [0.3, 0.4) is 0 Å². The van der Waals surface area contributed by atoms with Crippen molar-refractivity contribution >= 4 is 22.9 Å². The van der Waals surface area contributed by atoms with Crippen LogP contribution in [-0.2, 0) is 9.53 Å². The summed E-state index contributed by atoms with van der Waals surface area (Å²) in [5.41, 5.74) is 0. The van der Waals surface area contributed by atoms with Crippen molar-refractivity contribution in [1.82, 2.24) is 5.32 Å². The molecular weight excluding hydrogens is 236 g/mol. The number of fused-ring (bicyclic) bond motifs is 1. The van der Waals surface area contributed by atoms with Gasteiger partial charge < -0.3 is 10.1 Å². The van der Waals surface area contributed by atoms with Crippen LogP contribution in [0.4, 0.5) is 0 Å². The Labute approximate surface area is 107 Å². The number of hydrogen-bond acceptors (Lipinski definition) is 4. The highest BCUT2D eigenvalue weighted by atomic mass is 32.2. The van der Waals surface area contributed by atoms with Crippen molar-refractivity contribution in [3.8, 4) is 0 Å². The second kappa shape index (κ2) is 6.28. The number of nitrogens with zero attached hydrogens (tertiary/aromatic N) is 1. The minimum atomic E-state index is -0.242. The highest BCUT2D eigenvalue weighted by molar-refractivity contribution is 8.13. The van der Waals surface area contributed by atoms with Gasteiger partial charge >= 0.3 is 5.97 Å². The molecule has 1 saturated carbocycles. The van der Waals surface area contributed by atoms with Gasteiger partial charge in [0.1, 0.15) is 6.54 Å². The Hall–Kier alpha value is -0.710. The fourth-order valence-corrected chi connectivity index (χ4v) is 3.58. The molecule has 5 heteroatoms. The lowest BCUT2D eigenvalue weighted by Gasteiger charge is -2.36. The van der Waals surface area contributed by atoms with Crippen molar-refractivity contribution in [2.24, 2.45) is 10.9 Å². The summed E-state index contributed by atoms with van der Waals surface area (Å²) < 4.78 is 4.86. The topological polar surface area (TPSA) is 50.7 Å². The number of aliphatic imine (C=N–C) groups is 1. The summed E-state index contributed by atoms with van der Waals surface area (Å²) in [5, 5.41) is 4.38. The summed E-state index contributed by atoms with van der Waals surface area (Å²) in [7, 11) is 0. The molecule has 2 aliphatic rings. The zero-order chi connectivity index (χ0) is 12.1. The zero-order valence-corrected chi connectivity index (χ0v) is 11.1. The molecule has 0 aromatic carbocycles. The predicted molar refractivity (Wildman–Crippen MR) is 70.3 cm³/mol. The first-order chi connectivity index (χ1) is 8.29. The van der Waals surface area contributed by atoms with E-state index < -0.39 is 0 Å². The Morgan fingerprint density at radius 3 is 3.18 bits per heavy atom. The quantitative estimate of drug-likeness (QED) is 0.782.